The van der Waals surface area contributed by atoms with Gasteiger partial charge in [-0.05, 0) is 36.2 Å². The Bertz CT molecular complexity index is 1840. The first kappa shape index (κ1) is 28.0. The van der Waals surface area contributed by atoms with Crippen LogP contribution in [0, 0.1) is 0 Å². The molecule has 0 aliphatic carbocycles. The van der Waals surface area contributed by atoms with E-state index in [1.54, 1.807) is 24.7 Å². The van der Waals surface area contributed by atoms with Crippen LogP contribution in [0.5, 0.6) is 5.75 Å². The monoisotopic (exact) mass is 587 g/mol. The molecule has 2 aromatic carbocycles. The van der Waals surface area contributed by atoms with Crippen LogP contribution in [0.2, 0.25) is 0 Å². The van der Waals surface area contributed by atoms with Crippen molar-refractivity contribution in [3.8, 4) is 5.75 Å². The van der Waals surface area contributed by atoms with Crippen molar-refractivity contribution in [1.82, 2.24) is 4.57 Å². The Hall–Kier alpha value is -4.15. The maximum absolute atomic E-state index is 14.2. The van der Waals surface area contributed by atoms with Gasteiger partial charge in [-0.1, -0.05) is 55.0 Å². The van der Waals surface area contributed by atoms with Gasteiger partial charge in [-0.2, -0.15) is 0 Å². The summed E-state index contributed by atoms with van der Waals surface area (Å²) in [6.07, 6.45) is 3.08. The van der Waals surface area contributed by atoms with Gasteiger partial charge in [-0.3, -0.25) is 9.36 Å². The third-order valence-electron chi connectivity index (χ3n) is 7.52. The van der Waals surface area contributed by atoms with Crippen LogP contribution in [0.25, 0.3) is 16.8 Å². The van der Waals surface area contributed by atoms with E-state index in [-0.39, 0.29) is 12.2 Å². The zero-order valence-corrected chi connectivity index (χ0v) is 24.7. The third kappa shape index (κ3) is 5.05. The number of anilines is 1. The van der Waals surface area contributed by atoms with Crippen LogP contribution < -0.4 is 24.5 Å². The minimum Gasteiger partial charge on any atom is -0.496 e. The largest absolute Gasteiger partial charge is 0.496 e. The summed E-state index contributed by atoms with van der Waals surface area (Å²) < 4.78 is 25.1. The number of fused-ring (bicyclic) bond motifs is 2. The number of hydrogen-bond acceptors (Lipinski definition) is 9. The van der Waals surface area contributed by atoms with Crippen molar-refractivity contribution in [2.45, 2.75) is 32.7 Å². The molecule has 4 heterocycles. The van der Waals surface area contributed by atoms with Gasteiger partial charge in [0.15, 0.2) is 10.7 Å². The molecule has 0 saturated carbocycles. The standard InChI is InChI=1S/C32H33N3O6S/c1-4-8-23-28(31(37)40-5-2)29(27-22-10-7-6-9-20(22)11-13-24(27)38-3)35-30(36)25(42-32(35)33-23)19-21-12-14-26(41-21)34-15-17-39-18-16-34/h6-7,9-14,19,29H,4-5,8,15-18H2,1-3H3/b25-19-. The van der Waals surface area contributed by atoms with Crippen LogP contribution >= 0.6 is 11.3 Å². The minimum atomic E-state index is -0.787. The molecule has 1 fully saturated rings. The van der Waals surface area contributed by atoms with Crippen molar-refractivity contribution in [3.63, 3.8) is 0 Å². The number of furan rings is 1. The Morgan fingerprint density at radius 2 is 1.93 bits per heavy atom. The van der Waals surface area contributed by atoms with E-state index in [0.717, 1.165) is 41.7 Å². The Morgan fingerprint density at radius 1 is 1.12 bits per heavy atom. The number of esters is 1. The van der Waals surface area contributed by atoms with Crippen LogP contribution in [0.15, 0.2) is 74.0 Å². The normalized spacial score (nSPS) is 17.4. The van der Waals surface area contributed by atoms with Crippen LogP contribution in [0.4, 0.5) is 5.88 Å². The van der Waals surface area contributed by atoms with Crippen molar-refractivity contribution in [2.24, 2.45) is 4.99 Å². The summed E-state index contributed by atoms with van der Waals surface area (Å²) in [7, 11) is 1.60. The van der Waals surface area contributed by atoms with E-state index in [2.05, 4.69) is 4.90 Å². The Kier molecular flexibility index (Phi) is 7.99. The van der Waals surface area contributed by atoms with E-state index >= 15 is 0 Å². The molecule has 218 valence electrons. The van der Waals surface area contributed by atoms with Gasteiger partial charge in [0.1, 0.15) is 17.6 Å². The minimum absolute atomic E-state index is 0.204. The van der Waals surface area contributed by atoms with Gasteiger partial charge in [-0.15, -0.1) is 0 Å². The van der Waals surface area contributed by atoms with Crippen LogP contribution in [0.3, 0.4) is 0 Å². The highest BCUT2D eigenvalue weighted by molar-refractivity contribution is 7.07. The fourth-order valence-electron chi connectivity index (χ4n) is 5.63. The van der Waals surface area contributed by atoms with E-state index in [1.165, 1.54) is 11.3 Å². The Balaban J connectivity index is 1.58. The van der Waals surface area contributed by atoms with Gasteiger partial charge in [-0.25, -0.2) is 9.79 Å². The van der Waals surface area contributed by atoms with Gasteiger partial charge in [0.05, 0.1) is 42.7 Å². The summed E-state index contributed by atoms with van der Waals surface area (Å²) in [5, 5.41) is 1.86. The molecule has 2 aliphatic rings. The second-order valence-corrected chi connectivity index (χ2v) is 11.1. The van der Waals surface area contributed by atoms with Crippen molar-refractivity contribution >= 4 is 40.0 Å². The molecule has 1 saturated heterocycles. The predicted octanol–water partition coefficient (Wildman–Crippen LogP) is 4.17. The lowest BCUT2D eigenvalue weighted by molar-refractivity contribution is -0.139. The fourth-order valence-corrected chi connectivity index (χ4v) is 6.63. The number of morpholine rings is 1. The summed E-state index contributed by atoms with van der Waals surface area (Å²) in [4.78, 5) is 35.4. The first-order valence-corrected chi connectivity index (χ1v) is 15.1. The number of methoxy groups -OCH3 is 1. The molecule has 0 bridgehead atoms. The van der Waals surface area contributed by atoms with Crippen LogP contribution in [-0.4, -0.2) is 50.6 Å². The van der Waals surface area contributed by atoms with Gasteiger partial charge < -0.3 is 23.5 Å². The summed E-state index contributed by atoms with van der Waals surface area (Å²) in [5.74, 6) is 1.40. The molecule has 1 atom stereocenters. The molecule has 2 aromatic heterocycles. The zero-order valence-electron chi connectivity index (χ0n) is 23.9. The summed E-state index contributed by atoms with van der Waals surface area (Å²) in [6.45, 7) is 6.81. The van der Waals surface area contributed by atoms with E-state index < -0.39 is 12.0 Å². The molecule has 0 spiro atoms. The van der Waals surface area contributed by atoms with Crippen molar-refractivity contribution in [3.05, 3.63) is 90.8 Å². The third-order valence-corrected chi connectivity index (χ3v) is 8.51. The number of benzene rings is 2. The summed E-state index contributed by atoms with van der Waals surface area (Å²) >= 11 is 1.28. The molecule has 4 aromatic rings. The number of aromatic nitrogens is 1. The van der Waals surface area contributed by atoms with Gasteiger partial charge in [0, 0.05) is 30.8 Å². The van der Waals surface area contributed by atoms with Gasteiger partial charge in [0.25, 0.3) is 5.56 Å². The quantitative estimate of drug-likeness (QED) is 0.286. The lowest BCUT2D eigenvalue weighted by Gasteiger charge is -2.28. The molecular formula is C32H33N3O6S. The Labute approximate surface area is 246 Å². The first-order valence-electron chi connectivity index (χ1n) is 14.2. The van der Waals surface area contributed by atoms with E-state index in [9.17, 15) is 9.59 Å². The number of carbonyl (C=O) groups is 1. The molecule has 1 unspecified atom stereocenters. The molecule has 0 amide bonds. The highest BCUT2D eigenvalue weighted by Crippen LogP contribution is 2.41. The van der Waals surface area contributed by atoms with E-state index in [0.29, 0.717) is 51.7 Å². The van der Waals surface area contributed by atoms with Crippen molar-refractivity contribution in [2.75, 3.05) is 44.9 Å². The SMILES string of the molecule is CCCC1=C(C(=O)OCC)C(c2c(OC)ccc3ccccc23)n2c(s/c(=C\c3ccc(N4CCOCC4)o3)c2=O)=N1. The second-order valence-electron chi connectivity index (χ2n) is 10.1. The van der Waals surface area contributed by atoms with Gasteiger partial charge >= 0.3 is 5.97 Å². The molecule has 6 rings (SSSR count). The molecule has 2 aliphatic heterocycles. The van der Waals surface area contributed by atoms with Crippen molar-refractivity contribution < 1.29 is 23.4 Å². The Morgan fingerprint density at radius 3 is 2.69 bits per heavy atom. The molecule has 10 heteroatoms. The van der Waals surface area contributed by atoms with E-state index in [1.807, 2.05) is 55.5 Å². The molecule has 42 heavy (non-hydrogen) atoms. The number of ether oxygens (including phenoxy) is 3. The average Bonchev–Trinajstić information content (AvgIpc) is 3.61. The number of carbonyl (C=O) groups excluding carboxylic acids is 1. The highest BCUT2D eigenvalue weighted by Gasteiger charge is 2.37. The maximum atomic E-state index is 14.2. The van der Waals surface area contributed by atoms with E-state index in [4.69, 9.17) is 23.6 Å². The number of rotatable bonds is 8. The number of hydrogen-bond donors (Lipinski definition) is 0. The second kappa shape index (κ2) is 12.0. The molecule has 9 nitrogen and oxygen atoms in total. The molecule has 0 radical (unpaired) electrons. The average molecular weight is 588 g/mol. The smallest absolute Gasteiger partial charge is 0.338 e. The summed E-state index contributed by atoms with van der Waals surface area (Å²) in [5.41, 5.74) is 1.44. The highest BCUT2D eigenvalue weighted by atomic mass is 32.1. The lowest BCUT2D eigenvalue weighted by atomic mass is 9.90. The van der Waals surface area contributed by atoms with Crippen molar-refractivity contribution in [1.29, 1.82) is 0 Å². The molecular weight excluding hydrogens is 554 g/mol. The maximum Gasteiger partial charge on any atom is 0.338 e. The van der Waals surface area contributed by atoms with Crippen LogP contribution in [0.1, 0.15) is 44.1 Å². The summed E-state index contributed by atoms with van der Waals surface area (Å²) in [6, 6.07) is 14.7. The first-order chi connectivity index (χ1) is 20.5. The van der Waals surface area contributed by atoms with Gasteiger partial charge in [0.2, 0.25) is 0 Å². The predicted molar refractivity (Wildman–Crippen MR) is 162 cm³/mol. The fraction of sp³-hybridized carbons (Fsp3) is 0.344. The number of thiazole rings is 1. The molecule has 0 N–H and O–H groups in total. The van der Waals surface area contributed by atoms with Crippen LogP contribution in [-0.2, 0) is 14.3 Å². The zero-order chi connectivity index (χ0) is 29.2. The number of nitrogens with zero attached hydrogens (tertiary/aromatic N) is 3. The number of allylic oxidation sites excluding steroid dienone is 1. The lowest BCUT2D eigenvalue weighted by Crippen LogP contribution is -2.40. The topological polar surface area (TPSA) is 95.5 Å².